The van der Waals surface area contributed by atoms with Crippen molar-refractivity contribution in [1.82, 2.24) is 0 Å². The number of nitrogens with zero attached hydrogens (tertiary/aromatic N) is 1. The molecule has 8 heavy (non-hydrogen) atoms. The van der Waals surface area contributed by atoms with E-state index in [9.17, 15) is 4.79 Å². The predicted molar refractivity (Wildman–Crippen MR) is 29.2 cm³/mol. The molecule has 1 aliphatic carbocycles. The normalized spacial score (nSPS) is 21.5. The van der Waals surface area contributed by atoms with Gasteiger partial charge >= 0.3 is 0 Å². The Bertz CT molecular complexity index is 162. The van der Waals surface area contributed by atoms with Crippen molar-refractivity contribution in [2.75, 3.05) is 0 Å². The Kier molecular flexibility index (Phi) is 0.872. The Labute approximate surface area is 48.3 Å². The highest BCUT2D eigenvalue weighted by Gasteiger charge is 2.55. The van der Waals surface area contributed by atoms with Gasteiger partial charge in [-0.25, -0.2) is 6.57 Å². The Morgan fingerprint density at radius 2 is 2.25 bits per heavy atom. The fourth-order valence-corrected chi connectivity index (χ4v) is 0.661. The summed E-state index contributed by atoms with van der Waals surface area (Å²) in [5.41, 5.74) is -0.556. The molecule has 42 valence electrons. The van der Waals surface area contributed by atoms with Gasteiger partial charge in [0.1, 0.15) is 0 Å². The average molecular weight is 109 g/mol. The van der Waals surface area contributed by atoms with Crippen molar-refractivity contribution in [2.45, 2.75) is 25.3 Å². The summed E-state index contributed by atoms with van der Waals surface area (Å²) in [5, 5.41) is 0. The zero-order chi connectivity index (χ0) is 6.20. The summed E-state index contributed by atoms with van der Waals surface area (Å²) in [7, 11) is 0. The molecule has 0 aromatic rings. The molecule has 0 atom stereocenters. The highest BCUT2D eigenvalue weighted by atomic mass is 16.1. The molecule has 0 spiro atoms. The van der Waals surface area contributed by atoms with E-state index in [1.165, 1.54) is 6.92 Å². The van der Waals surface area contributed by atoms with Crippen LogP contribution in [0, 0.1) is 6.57 Å². The minimum Gasteiger partial charge on any atom is -0.302 e. The second-order valence-corrected chi connectivity index (χ2v) is 2.20. The van der Waals surface area contributed by atoms with Gasteiger partial charge in [0.05, 0.1) is 0 Å². The summed E-state index contributed by atoms with van der Waals surface area (Å²) in [6.45, 7) is 8.09. The molecule has 0 aromatic carbocycles. The van der Waals surface area contributed by atoms with Gasteiger partial charge in [-0.15, -0.1) is 0 Å². The molecule has 1 saturated carbocycles. The maximum absolute atomic E-state index is 10.5. The van der Waals surface area contributed by atoms with E-state index in [0.717, 1.165) is 12.8 Å². The van der Waals surface area contributed by atoms with Crippen molar-refractivity contribution < 1.29 is 4.79 Å². The number of hydrogen-bond donors (Lipinski definition) is 0. The van der Waals surface area contributed by atoms with Crippen LogP contribution in [0.5, 0.6) is 0 Å². The Morgan fingerprint density at radius 3 is 2.25 bits per heavy atom. The molecule has 0 aliphatic heterocycles. The number of hydrogen-bond acceptors (Lipinski definition) is 1. The van der Waals surface area contributed by atoms with Crippen molar-refractivity contribution in [3.05, 3.63) is 11.4 Å². The summed E-state index contributed by atoms with van der Waals surface area (Å²) in [4.78, 5) is 13.8. The van der Waals surface area contributed by atoms with Gasteiger partial charge < -0.3 is 4.85 Å². The van der Waals surface area contributed by atoms with Crippen LogP contribution in [-0.2, 0) is 4.79 Å². The molecule has 1 fully saturated rings. The lowest BCUT2D eigenvalue weighted by Crippen LogP contribution is -2.12. The van der Waals surface area contributed by atoms with Crippen LogP contribution in [0.15, 0.2) is 0 Å². The van der Waals surface area contributed by atoms with Crippen LogP contribution in [0.4, 0.5) is 0 Å². The molecular formula is C6H7NO. The molecule has 0 unspecified atom stereocenters. The highest BCUT2D eigenvalue weighted by Crippen LogP contribution is 2.40. The molecule has 0 heterocycles. The third-order valence-electron chi connectivity index (χ3n) is 1.59. The fourth-order valence-electron chi connectivity index (χ4n) is 0.661. The number of Topliss-reactive ketones (excluding diaryl/α,β-unsaturated/α-hetero) is 1. The third kappa shape index (κ3) is 0.516. The van der Waals surface area contributed by atoms with E-state index in [2.05, 4.69) is 4.85 Å². The minimum absolute atomic E-state index is 0.0347. The van der Waals surface area contributed by atoms with Crippen molar-refractivity contribution in [1.29, 1.82) is 0 Å². The molecule has 0 radical (unpaired) electrons. The van der Waals surface area contributed by atoms with Gasteiger partial charge in [0.25, 0.3) is 5.54 Å². The van der Waals surface area contributed by atoms with E-state index >= 15 is 0 Å². The smallest absolute Gasteiger partial charge is 0.289 e. The average Bonchev–Trinajstić information content (AvgIpc) is 2.44. The second kappa shape index (κ2) is 1.32. The molecule has 1 aliphatic rings. The van der Waals surface area contributed by atoms with Crippen LogP contribution in [0.1, 0.15) is 19.8 Å². The number of carbonyl (C=O) groups excluding carboxylic acids is 1. The summed E-state index contributed by atoms with van der Waals surface area (Å²) in [6, 6.07) is 0. The summed E-state index contributed by atoms with van der Waals surface area (Å²) in [6.07, 6.45) is 1.57. The van der Waals surface area contributed by atoms with Crippen molar-refractivity contribution in [2.24, 2.45) is 0 Å². The lowest BCUT2D eigenvalue weighted by atomic mass is 10.2. The summed E-state index contributed by atoms with van der Waals surface area (Å²) >= 11 is 0. The monoisotopic (exact) mass is 109 g/mol. The molecule has 0 aromatic heterocycles. The largest absolute Gasteiger partial charge is 0.302 e. The zero-order valence-corrected chi connectivity index (χ0v) is 4.77. The van der Waals surface area contributed by atoms with Crippen LogP contribution in [0.25, 0.3) is 4.85 Å². The zero-order valence-electron chi connectivity index (χ0n) is 4.77. The molecule has 2 nitrogen and oxygen atoms in total. The standard InChI is InChI=1S/C6H7NO/c1-5(8)6(7-2)3-4-6/h3-4H2,1H3. The van der Waals surface area contributed by atoms with E-state index in [4.69, 9.17) is 6.57 Å². The fraction of sp³-hybridized carbons (Fsp3) is 0.667. The van der Waals surface area contributed by atoms with Crippen LogP contribution in [0.3, 0.4) is 0 Å². The highest BCUT2D eigenvalue weighted by molar-refractivity contribution is 5.91. The number of rotatable bonds is 1. The Hall–Kier alpha value is -0.840. The first kappa shape index (κ1) is 5.30. The lowest BCUT2D eigenvalue weighted by Gasteiger charge is -1.89. The van der Waals surface area contributed by atoms with Crippen LogP contribution in [-0.4, -0.2) is 11.3 Å². The quantitative estimate of drug-likeness (QED) is 0.461. The minimum atomic E-state index is -0.556. The first-order valence-electron chi connectivity index (χ1n) is 2.61. The van der Waals surface area contributed by atoms with Crippen molar-refractivity contribution in [3.8, 4) is 0 Å². The third-order valence-corrected chi connectivity index (χ3v) is 1.59. The summed E-state index contributed by atoms with van der Waals surface area (Å²) < 4.78 is 0. The molecule has 1 rings (SSSR count). The molecule has 0 N–H and O–H groups in total. The molecular weight excluding hydrogens is 102 g/mol. The van der Waals surface area contributed by atoms with Gasteiger partial charge in [-0.05, 0) is 0 Å². The van der Waals surface area contributed by atoms with E-state index in [1.54, 1.807) is 0 Å². The molecule has 0 bridgehead atoms. The van der Waals surface area contributed by atoms with E-state index < -0.39 is 5.54 Å². The van der Waals surface area contributed by atoms with Gasteiger partial charge in [-0.1, -0.05) is 0 Å². The SMILES string of the molecule is [C-]#[N+]C1(C(C)=O)CC1. The van der Waals surface area contributed by atoms with Crippen molar-refractivity contribution >= 4 is 5.78 Å². The van der Waals surface area contributed by atoms with E-state index in [1.807, 2.05) is 0 Å². The Morgan fingerprint density at radius 1 is 1.75 bits per heavy atom. The number of ketones is 1. The first-order chi connectivity index (χ1) is 3.71. The van der Waals surface area contributed by atoms with Gasteiger partial charge in [-0.3, -0.25) is 4.79 Å². The Balaban J connectivity index is 2.71. The maximum atomic E-state index is 10.5. The molecule has 2 heteroatoms. The number of carbonyl (C=O) groups is 1. The topological polar surface area (TPSA) is 21.4 Å². The van der Waals surface area contributed by atoms with Gasteiger partial charge in [0.2, 0.25) is 5.78 Å². The van der Waals surface area contributed by atoms with Crippen molar-refractivity contribution in [3.63, 3.8) is 0 Å². The van der Waals surface area contributed by atoms with Crippen LogP contribution >= 0.6 is 0 Å². The van der Waals surface area contributed by atoms with Gasteiger partial charge in [-0.2, -0.15) is 0 Å². The maximum Gasteiger partial charge on any atom is 0.289 e. The van der Waals surface area contributed by atoms with E-state index in [-0.39, 0.29) is 5.78 Å². The molecule has 0 saturated heterocycles. The van der Waals surface area contributed by atoms with Crippen LogP contribution in [0.2, 0.25) is 0 Å². The van der Waals surface area contributed by atoms with E-state index in [0.29, 0.717) is 0 Å². The molecule has 0 amide bonds. The lowest BCUT2D eigenvalue weighted by molar-refractivity contribution is -0.118. The summed E-state index contributed by atoms with van der Waals surface area (Å²) in [5.74, 6) is 0.0347. The van der Waals surface area contributed by atoms with Gasteiger partial charge in [0.15, 0.2) is 0 Å². The predicted octanol–water partition coefficient (Wildman–Crippen LogP) is 1.03. The first-order valence-corrected chi connectivity index (χ1v) is 2.61. The van der Waals surface area contributed by atoms with Gasteiger partial charge in [0, 0.05) is 19.8 Å². The second-order valence-electron chi connectivity index (χ2n) is 2.20. The van der Waals surface area contributed by atoms with Crippen LogP contribution < -0.4 is 0 Å².